The molecule has 4 nitrogen and oxygen atoms in total. The summed E-state index contributed by atoms with van der Waals surface area (Å²) in [6, 6.07) is 3.91. The lowest BCUT2D eigenvalue weighted by Crippen LogP contribution is -2.36. The Labute approximate surface area is 103 Å². The second kappa shape index (κ2) is 6.57. The lowest BCUT2D eigenvalue weighted by molar-refractivity contribution is 0.209. The third kappa shape index (κ3) is 4.32. The van der Waals surface area contributed by atoms with Gasteiger partial charge in [-0.15, -0.1) is 0 Å². The summed E-state index contributed by atoms with van der Waals surface area (Å²) in [6.45, 7) is 6.89. The number of aliphatic hydroxyl groups excluding tert-OH is 1. The van der Waals surface area contributed by atoms with Gasteiger partial charge in [0.15, 0.2) is 0 Å². The molecule has 0 amide bonds. The van der Waals surface area contributed by atoms with Crippen LogP contribution in [0.4, 0.5) is 0 Å². The predicted octanol–water partition coefficient (Wildman–Crippen LogP) is 1.51. The SMILES string of the molecule is COc1cc(C)nc(CNC(CO)C(C)C)c1. The molecule has 4 heteroatoms. The van der Waals surface area contributed by atoms with Gasteiger partial charge >= 0.3 is 0 Å². The van der Waals surface area contributed by atoms with Crippen molar-refractivity contribution in [3.05, 3.63) is 23.5 Å². The van der Waals surface area contributed by atoms with Crippen LogP contribution in [-0.4, -0.2) is 29.8 Å². The van der Waals surface area contributed by atoms with E-state index in [-0.39, 0.29) is 12.6 Å². The molecule has 1 rings (SSSR count). The molecule has 0 aromatic carbocycles. The summed E-state index contributed by atoms with van der Waals surface area (Å²) in [7, 11) is 1.65. The van der Waals surface area contributed by atoms with Crippen LogP contribution < -0.4 is 10.1 Å². The molecule has 1 heterocycles. The molecule has 17 heavy (non-hydrogen) atoms. The van der Waals surface area contributed by atoms with E-state index in [1.165, 1.54) is 0 Å². The molecule has 0 radical (unpaired) electrons. The zero-order valence-electron chi connectivity index (χ0n) is 11.0. The first-order valence-electron chi connectivity index (χ1n) is 5.92. The van der Waals surface area contributed by atoms with Crippen LogP contribution in [0.1, 0.15) is 25.2 Å². The molecule has 1 aromatic heterocycles. The fourth-order valence-electron chi connectivity index (χ4n) is 1.66. The van der Waals surface area contributed by atoms with E-state index in [4.69, 9.17) is 4.74 Å². The smallest absolute Gasteiger partial charge is 0.122 e. The highest BCUT2D eigenvalue weighted by molar-refractivity contribution is 5.26. The Bertz CT molecular complexity index is 353. The second-order valence-electron chi connectivity index (χ2n) is 4.55. The van der Waals surface area contributed by atoms with E-state index in [0.29, 0.717) is 12.5 Å². The molecule has 0 fully saturated rings. The number of hydrogen-bond donors (Lipinski definition) is 2. The van der Waals surface area contributed by atoms with E-state index in [1.54, 1.807) is 7.11 Å². The molecule has 0 saturated carbocycles. The van der Waals surface area contributed by atoms with E-state index in [1.807, 2.05) is 19.1 Å². The molecule has 96 valence electrons. The van der Waals surface area contributed by atoms with Gasteiger partial charge in [0.2, 0.25) is 0 Å². The quantitative estimate of drug-likeness (QED) is 0.788. The normalized spacial score (nSPS) is 12.8. The number of methoxy groups -OCH3 is 1. The largest absolute Gasteiger partial charge is 0.497 e. The molecule has 0 aliphatic heterocycles. The van der Waals surface area contributed by atoms with Crippen molar-refractivity contribution in [2.24, 2.45) is 5.92 Å². The molecule has 0 bridgehead atoms. The first kappa shape index (κ1) is 13.9. The molecule has 0 spiro atoms. The molecular weight excluding hydrogens is 216 g/mol. The van der Waals surface area contributed by atoms with Crippen LogP contribution in [-0.2, 0) is 6.54 Å². The number of hydrogen-bond acceptors (Lipinski definition) is 4. The number of nitrogens with zero attached hydrogens (tertiary/aromatic N) is 1. The zero-order chi connectivity index (χ0) is 12.8. The fraction of sp³-hybridized carbons (Fsp3) is 0.615. The van der Waals surface area contributed by atoms with Gasteiger partial charge in [0.25, 0.3) is 0 Å². The second-order valence-corrected chi connectivity index (χ2v) is 4.55. The molecule has 1 atom stereocenters. The van der Waals surface area contributed by atoms with E-state index in [0.717, 1.165) is 17.1 Å². The van der Waals surface area contributed by atoms with Gasteiger partial charge in [-0.05, 0) is 12.8 Å². The highest BCUT2D eigenvalue weighted by Crippen LogP contribution is 2.13. The van der Waals surface area contributed by atoms with E-state index < -0.39 is 0 Å². The molecule has 0 saturated heterocycles. The van der Waals surface area contributed by atoms with Crippen LogP contribution in [0, 0.1) is 12.8 Å². The predicted molar refractivity (Wildman–Crippen MR) is 68.1 cm³/mol. The van der Waals surface area contributed by atoms with Crippen molar-refractivity contribution in [1.29, 1.82) is 0 Å². The van der Waals surface area contributed by atoms with Crippen LogP contribution in [0.25, 0.3) is 0 Å². The number of nitrogens with one attached hydrogen (secondary N) is 1. The minimum atomic E-state index is 0.100. The van der Waals surface area contributed by atoms with Gasteiger partial charge < -0.3 is 15.2 Å². The molecule has 2 N–H and O–H groups in total. The Morgan fingerprint density at radius 1 is 1.41 bits per heavy atom. The summed E-state index contributed by atoms with van der Waals surface area (Å²) in [5.74, 6) is 1.21. The van der Waals surface area contributed by atoms with Crippen LogP contribution in [0.5, 0.6) is 5.75 Å². The van der Waals surface area contributed by atoms with Crippen LogP contribution in [0.3, 0.4) is 0 Å². The molecule has 1 unspecified atom stereocenters. The number of aryl methyl sites for hydroxylation is 1. The number of aliphatic hydroxyl groups is 1. The first-order valence-corrected chi connectivity index (χ1v) is 5.92. The van der Waals surface area contributed by atoms with Crippen LogP contribution >= 0.6 is 0 Å². The summed E-state index contributed by atoms with van der Waals surface area (Å²) in [6.07, 6.45) is 0. The Kier molecular flexibility index (Phi) is 5.38. The van der Waals surface area contributed by atoms with Gasteiger partial charge in [0.1, 0.15) is 5.75 Å². The summed E-state index contributed by atoms with van der Waals surface area (Å²) in [5.41, 5.74) is 1.87. The van der Waals surface area contributed by atoms with Crippen molar-refractivity contribution in [2.75, 3.05) is 13.7 Å². The van der Waals surface area contributed by atoms with E-state index in [2.05, 4.69) is 24.1 Å². The highest BCUT2D eigenvalue weighted by Gasteiger charge is 2.11. The summed E-state index contributed by atoms with van der Waals surface area (Å²) in [5, 5.41) is 12.5. The summed E-state index contributed by atoms with van der Waals surface area (Å²) in [4.78, 5) is 4.42. The molecule has 0 aliphatic carbocycles. The summed E-state index contributed by atoms with van der Waals surface area (Å²) >= 11 is 0. The number of pyridine rings is 1. The number of ether oxygens (including phenoxy) is 1. The van der Waals surface area contributed by atoms with Crippen LogP contribution in [0.15, 0.2) is 12.1 Å². The average molecular weight is 238 g/mol. The van der Waals surface area contributed by atoms with Crippen molar-refractivity contribution in [3.8, 4) is 5.75 Å². The Morgan fingerprint density at radius 2 is 2.12 bits per heavy atom. The maximum atomic E-state index is 9.22. The van der Waals surface area contributed by atoms with Crippen molar-refractivity contribution < 1.29 is 9.84 Å². The van der Waals surface area contributed by atoms with Gasteiger partial charge in [0.05, 0.1) is 19.4 Å². The lowest BCUT2D eigenvalue weighted by Gasteiger charge is -2.19. The topological polar surface area (TPSA) is 54.4 Å². The highest BCUT2D eigenvalue weighted by atomic mass is 16.5. The first-order chi connectivity index (χ1) is 8.06. The Morgan fingerprint density at radius 3 is 2.65 bits per heavy atom. The van der Waals surface area contributed by atoms with Gasteiger partial charge in [-0.25, -0.2) is 0 Å². The van der Waals surface area contributed by atoms with Crippen molar-refractivity contribution in [3.63, 3.8) is 0 Å². The van der Waals surface area contributed by atoms with Gasteiger partial charge in [-0.1, -0.05) is 13.8 Å². The van der Waals surface area contributed by atoms with E-state index in [9.17, 15) is 5.11 Å². The Hall–Kier alpha value is -1.13. The van der Waals surface area contributed by atoms with Gasteiger partial charge in [0, 0.05) is 30.4 Å². The lowest BCUT2D eigenvalue weighted by atomic mass is 10.1. The molecule has 0 aliphatic rings. The average Bonchev–Trinajstić information content (AvgIpc) is 2.28. The number of aromatic nitrogens is 1. The van der Waals surface area contributed by atoms with Crippen molar-refractivity contribution in [2.45, 2.75) is 33.4 Å². The summed E-state index contributed by atoms with van der Waals surface area (Å²) < 4.78 is 5.20. The zero-order valence-corrected chi connectivity index (χ0v) is 11.0. The van der Waals surface area contributed by atoms with Gasteiger partial charge in [-0.2, -0.15) is 0 Å². The molecular formula is C13H22N2O2. The number of rotatable bonds is 6. The van der Waals surface area contributed by atoms with Crippen molar-refractivity contribution in [1.82, 2.24) is 10.3 Å². The third-order valence-corrected chi connectivity index (χ3v) is 2.76. The fourth-order valence-corrected chi connectivity index (χ4v) is 1.66. The minimum absolute atomic E-state index is 0.100. The van der Waals surface area contributed by atoms with E-state index >= 15 is 0 Å². The monoisotopic (exact) mass is 238 g/mol. The Balaban J connectivity index is 2.65. The maximum absolute atomic E-state index is 9.22. The minimum Gasteiger partial charge on any atom is -0.497 e. The van der Waals surface area contributed by atoms with Crippen LogP contribution in [0.2, 0.25) is 0 Å². The molecule has 1 aromatic rings. The maximum Gasteiger partial charge on any atom is 0.122 e. The third-order valence-electron chi connectivity index (χ3n) is 2.76. The standard InChI is InChI=1S/C13H22N2O2/c1-9(2)13(8-16)14-7-11-6-12(17-4)5-10(3)15-11/h5-6,9,13-14,16H,7-8H2,1-4H3. The van der Waals surface area contributed by atoms with Gasteiger partial charge in [-0.3, -0.25) is 4.98 Å². The van der Waals surface area contributed by atoms with Crippen molar-refractivity contribution >= 4 is 0 Å².